The maximum atomic E-state index is 13.8. The number of carbonyl (C=O) groups excluding carboxylic acids is 1. The molecular weight excluding hydrogens is 245 g/mol. The molecule has 2 amide bonds. The van der Waals surface area contributed by atoms with Gasteiger partial charge in [0.15, 0.2) is 0 Å². The number of amidine groups is 1. The van der Waals surface area contributed by atoms with Crippen molar-refractivity contribution in [3.05, 3.63) is 34.6 Å². The van der Waals surface area contributed by atoms with Gasteiger partial charge in [0, 0.05) is 17.1 Å². The normalized spacial score (nSPS) is 19.7. The van der Waals surface area contributed by atoms with E-state index in [0.717, 1.165) is 0 Å². The van der Waals surface area contributed by atoms with Crippen LogP contribution in [0.2, 0.25) is 5.02 Å². The van der Waals surface area contributed by atoms with Gasteiger partial charge in [0.1, 0.15) is 17.7 Å². The van der Waals surface area contributed by atoms with Gasteiger partial charge in [-0.2, -0.15) is 4.99 Å². The smallest absolute Gasteiger partial charge is 0.346 e. The summed E-state index contributed by atoms with van der Waals surface area (Å²) >= 11 is 5.96. The molecule has 1 aliphatic heterocycles. The second kappa shape index (κ2) is 4.33. The molecule has 2 N–H and O–H groups in total. The lowest BCUT2D eigenvalue weighted by molar-refractivity contribution is 0.209. The molecule has 0 aliphatic carbocycles. The van der Waals surface area contributed by atoms with Gasteiger partial charge >= 0.3 is 6.03 Å². The first-order chi connectivity index (χ1) is 8.06. The van der Waals surface area contributed by atoms with Crippen LogP contribution in [0.1, 0.15) is 18.5 Å². The van der Waals surface area contributed by atoms with Crippen molar-refractivity contribution in [1.82, 2.24) is 4.90 Å². The predicted octanol–water partition coefficient (Wildman–Crippen LogP) is 2.33. The number of nitrogens with zero attached hydrogens (tertiary/aromatic N) is 2. The molecule has 0 aromatic heterocycles. The molecule has 0 saturated heterocycles. The van der Waals surface area contributed by atoms with E-state index in [9.17, 15) is 9.18 Å². The molecule has 1 atom stereocenters. The standard InChI is InChI=1S/C11H11ClFN3O/c1-2-16-9(10(14)15-11(16)17)8-6(12)4-3-5-7(8)13/h3-5,9H,2H2,1H3,(H2,14,15,17). The van der Waals surface area contributed by atoms with Gasteiger partial charge < -0.3 is 10.6 Å². The highest BCUT2D eigenvalue weighted by Gasteiger charge is 2.36. The van der Waals surface area contributed by atoms with Gasteiger partial charge in [-0.1, -0.05) is 17.7 Å². The van der Waals surface area contributed by atoms with Crippen molar-refractivity contribution < 1.29 is 9.18 Å². The molecule has 0 saturated carbocycles. The largest absolute Gasteiger partial charge is 0.385 e. The fourth-order valence-corrected chi connectivity index (χ4v) is 2.17. The minimum absolute atomic E-state index is 0.0730. The molecule has 1 unspecified atom stereocenters. The van der Waals surface area contributed by atoms with Gasteiger partial charge in [0.25, 0.3) is 0 Å². The second-order valence-electron chi connectivity index (χ2n) is 3.64. The maximum Gasteiger partial charge on any atom is 0.346 e. The van der Waals surface area contributed by atoms with E-state index in [2.05, 4.69) is 4.99 Å². The van der Waals surface area contributed by atoms with E-state index in [1.165, 1.54) is 17.0 Å². The summed E-state index contributed by atoms with van der Waals surface area (Å²) in [6, 6.07) is 3.17. The Morgan fingerprint density at radius 2 is 2.29 bits per heavy atom. The number of hydrogen-bond donors (Lipinski definition) is 1. The van der Waals surface area contributed by atoms with Crippen LogP contribution in [-0.2, 0) is 0 Å². The Hall–Kier alpha value is -1.62. The first kappa shape index (κ1) is 11.9. The highest BCUT2D eigenvalue weighted by Crippen LogP contribution is 2.33. The molecular formula is C11H11ClFN3O. The molecule has 90 valence electrons. The van der Waals surface area contributed by atoms with Crippen molar-refractivity contribution in [3.63, 3.8) is 0 Å². The highest BCUT2D eigenvalue weighted by molar-refractivity contribution is 6.31. The Labute approximate surface area is 103 Å². The number of likely N-dealkylation sites (N-methyl/N-ethyl adjacent to an activating group) is 1. The van der Waals surface area contributed by atoms with E-state index < -0.39 is 17.9 Å². The van der Waals surface area contributed by atoms with Gasteiger partial charge in [-0.3, -0.25) is 0 Å². The van der Waals surface area contributed by atoms with Crippen LogP contribution in [0.5, 0.6) is 0 Å². The summed E-state index contributed by atoms with van der Waals surface area (Å²) in [6.45, 7) is 2.16. The second-order valence-corrected chi connectivity index (χ2v) is 4.05. The molecule has 0 spiro atoms. The molecule has 0 bridgehead atoms. The number of amides is 2. The van der Waals surface area contributed by atoms with E-state index in [4.69, 9.17) is 17.3 Å². The number of urea groups is 1. The van der Waals surface area contributed by atoms with E-state index >= 15 is 0 Å². The first-order valence-corrected chi connectivity index (χ1v) is 5.52. The third-order valence-electron chi connectivity index (χ3n) is 2.68. The van der Waals surface area contributed by atoms with Crippen LogP contribution in [0.3, 0.4) is 0 Å². The number of benzene rings is 1. The maximum absolute atomic E-state index is 13.8. The lowest BCUT2D eigenvalue weighted by Gasteiger charge is -2.24. The fourth-order valence-electron chi connectivity index (χ4n) is 1.90. The Balaban J connectivity index is 2.53. The summed E-state index contributed by atoms with van der Waals surface area (Å²) in [7, 11) is 0. The average molecular weight is 256 g/mol. The summed E-state index contributed by atoms with van der Waals surface area (Å²) in [5.41, 5.74) is 5.86. The van der Waals surface area contributed by atoms with Crippen molar-refractivity contribution in [1.29, 1.82) is 0 Å². The van der Waals surface area contributed by atoms with Gasteiger partial charge in [-0.05, 0) is 19.1 Å². The van der Waals surface area contributed by atoms with Crippen molar-refractivity contribution >= 4 is 23.5 Å². The van der Waals surface area contributed by atoms with Crippen molar-refractivity contribution in [2.45, 2.75) is 13.0 Å². The third kappa shape index (κ3) is 1.86. The monoisotopic (exact) mass is 255 g/mol. The number of hydrogen-bond acceptors (Lipinski definition) is 2. The fraction of sp³-hybridized carbons (Fsp3) is 0.273. The van der Waals surface area contributed by atoms with Crippen LogP contribution in [0.4, 0.5) is 9.18 Å². The van der Waals surface area contributed by atoms with E-state index in [1.807, 2.05) is 0 Å². The molecule has 1 aromatic rings. The zero-order chi connectivity index (χ0) is 12.6. The number of aliphatic imine (C=N–C) groups is 1. The van der Waals surface area contributed by atoms with Gasteiger partial charge in [0.2, 0.25) is 0 Å². The molecule has 0 radical (unpaired) electrons. The summed E-state index contributed by atoms with van der Waals surface area (Å²) in [4.78, 5) is 16.5. The first-order valence-electron chi connectivity index (χ1n) is 5.14. The summed E-state index contributed by atoms with van der Waals surface area (Å²) < 4.78 is 13.8. The number of halogens is 2. The molecule has 1 heterocycles. The van der Waals surface area contributed by atoms with Gasteiger partial charge in [-0.25, -0.2) is 9.18 Å². The zero-order valence-corrected chi connectivity index (χ0v) is 9.91. The molecule has 1 aliphatic rings. The number of nitrogens with two attached hydrogens (primary N) is 1. The molecule has 4 nitrogen and oxygen atoms in total. The summed E-state index contributed by atoms with van der Waals surface area (Å²) in [6.07, 6.45) is 0. The molecule has 17 heavy (non-hydrogen) atoms. The zero-order valence-electron chi connectivity index (χ0n) is 9.15. The van der Waals surface area contributed by atoms with Crippen LogP contribution in [0.15, 0.2) is 23.2 Å². The third-order valence-corrected chi connectivity index (χ3v) is 3.01. The van der Waals surface area contributed by atoms with Crippen LogP contribution in [0.25, 0.3) is 0 Å². The van der Waals surface area contributed by atoms with E-state index in [-0.39, 0.29) is 16.4 Å². The summed E-state index contributed by atoms with van der Waals surface area (Å²) in [5.74, 6) is -0.419. The predicted molar refractivity (Wildman–Crippen MR) is 63.5 cm³/mol. The van der Waals surface area contributed by atoms with Crippen molar-refractivity contribution in [2.75, 3.05) is 6.54 Å². The highest BCUT2D eigenvalue weighted by atomic mass is 35.5. The Morgan fingerprint density at radius 1 is 1.59 bits per heavy atom. The Morgan fingerprint density at radius 3 is 2.88 bits per heavy atom. The Kier molecular flexibility index (Phi) is 3.02. The SMILES string of the molecule is CCN1C(=O)N=C(N)C1c1c(F)cccc1Cl. The summed E-state index contributed by atoms with van der Waals surface area (Å²) in [5, 5.41) is 0.237. The molecule has 0 fully saturated rings. The number of rotatable bonds is 2. The molecule has 1 aromatic carbocycles. The number of carbonyl (C=O) groups is 1. The van der Waals surface area contributed by atoms with Crippen LogP contribution in [-0.4, -0.2) is 23.3 Å². The van der Waals surface area contributed by atoms with Crippen LogP contribution < -0.4 is 5.73 Å². The molecule has 6 heteroatoms. The Bertz CT molecular complexity index is 483. The van der Waals surface area contributed by atoms with Crippen molar-refractivity contribution in [3.8, 4) is 0 Å². The van der Waals surface area contributed by atoms with E-state index in [0.29, 0.717) is 6.54 Å². The minimum atomic E-state index is -0.707. The van der Waals surface area contributed by atoms with Gasteiger partial charge in [0.05, 0.1) is 0 Å². The quantitative estimate of drug-likeness (QED) is 0.882. The lowest BCUT2D eigenvalue weighted by Crippen LogP contribution is -2.34. The van der Waals surface area contributed by atoms with Gasteiger partial charge in [-0.15, -0.1) is 0 Å². The minimum Gasteiger partial charge on any atom is -0.385 e. The van der Waals surface area contributed by atoms with Crippen molar-refractivity contribution in [2.24, 2.45) is 10.7 Å². The van der Waals surface area contributed by atoms with Crippen LogP contribution in [0, 0.1) is 5.82 Å². The average Bonchev–Trinajstić information content (AvgIpc) is 2.53. The van der Waals surface area contributed by atoms with Crippen LogP contribution >= 0.6 is 11.6 Å². The lowest BCUT2D eigenvalue weighted by atomic mass is 10.0. The topological polar surface area (TPSA) is 58.7 Å². The van der Waals surface area contributed by atoms with E-state index in [1.54, 1.807) is 13.0 Å². The molecule has 2 rings (SSSR count).